The zero-order valence-corrected chi connectivity index (χ0v) is 15.0. The van der Waals surface area contributed by atoms with E-state index >= 15 is 0 Å². The first-order valence-electron chi connectivity index (χ1n) is 6.67. The third kappa shape index (κ3) is 5.23. The highest BCUT2D eigenvalue weighted by atomic mass is 35.5. The van der Waals surface area contributed by atoms with E-state index in [0.717, 1.165) is 16.9 Å². The topological polar surface area (TPSA) is 68.3 Å². The summed E-state index contributed by atoms with van der Waals surface area (Å²) in [6.07, 6.45) is 0. The molecule has 0 aliphatic rings. The monoisotopic (exact) mass is 370 g/mol. The summed E-state index contributed by atoms with van der Waals surface area (Å²) in [5, 5.41) is 3.77. The van der Waals surface area contributed by atoms with Crippen molar-refractivity contribution in [1.82, 2.24) is 4.98 Å². The largest absolute Gasteiger partial charge is 0.465 e. The van der Waals surface area contributed by atoms with Gasteiger partial charge in [-0.25, -0.2) is 9.78 Å². The Morgan fingerprint density at radius 1 is 1.43 bits per heavy atom. The number of rotatable bonds is 6. The second-order valence-corrected chi connectivity index (χ2v) is 7.02. The van der Waals surface area contributed by atoms with Crippen LogP contribution in [0.25, 0.3) is 0 Å². The van der Waals surface area contributed by atoms with E-state index in [2.05, 4.69) is 15.0 Å². The lowest BCUT2D eigenvalue weighted by Crippen LogP contribution is -2.13. The molecule has 0 saturated heterocycles. The zero-order chi connectivity index (χ0) is 16.8. The van der Waals surface area contributed by atoms with Crippen molar-refractivity contribution >= 4 is 51.7 Å². The summed E-state index contributed by atoms with van der Waals surface area (Å²) in [5.41, 5.74) is 1.61. The number of esters is 1. The number of hydrogen-bond donors (Lipinski definition) is 1. The average molecular weight is 371 g/mol. The Morgan fingerprint density at radius 2 is 2.22 bits per heavy atom. The highest BCUT2D eigenvalue weighted by Crippen LogP contribution is 2.23. The lowest BCUT2D eigenvalue weighted by Gasteiger charge is -2.03. The van der Waals surface area contributed by atoms with Crippen molar-refractivity contribution < 1.29 is 14.3 Å². The number of aromatic nitrogens is 1. The molecule has 1 heterocycles. The lowest BCUT2D eigenvalue weighted by molar-refractivity contribution is -0.113. The number of benzene rings is 1. The molecule has 8 heteroatoms. The van der Waals surface area contributed by atoms with Gasteiger partial charge in [0, 0.05) is 10.8 Å². The molecule has 0 aliphatic heterocycles. The smallest absolute Gasteiger partial charge is 0.350 e. The quantitative estimate of drug-likeness (QED) is 0.784. The molecule has 23 heavy (non-hydrogen) atoms. The van der Waals surface area contributed by atoms with Crippen LogP contribution in [0, 0.1) is 6.92 Å². The molecule has 0 bridgehead atoms. The van der Waals surface area contributed by atoms with Crippen LogP contribution < -0.4 is 5.32 Å². The van der Waals surface area contributed by atoms with Crippen molar-refractivity contribution in [2.45, 2.75) is 12.7 Å². The SMILES string of the molecule is COC(=O)c1sc(NC(=O)CSCc2cccc(Cl)c2)nc1C. The summed E-state index contributed by atoms with van der Waals surface area (Å²) < 4.78 is 4.66. The maximum Gasteiger partial charge on any atom is 0.350 e. The van der Waals surface area contributed by atoms with Gasteiger partial charge in [0.25, 0.3) is 0 Å². The molecule has 1 aromatic heterocycles. The van der Waals surface area contributed by atoms with E-state index in [1.807, 2.05) is 24.3 Å². The van der Waals surface area contributed by atoms with Crippen molar-refractivity contribution in [3.05, 3.63) is 45.4 Å². The van der Waals surface area contributed by atoms with Crippen molar-refractivity contribution in [2.24, 2.45) is 0 Å². The predicted octanol–water partition coefficient (Wildman–Crippen LogP) is 3.76. The molecular weight excluding hydrogens is 356 g/mol. The van der Waals surface area contributed by atoms with Crippen LogP contribution in [-0.4, -0.2) is 29.7 Å². The van der Waals surface area contributed by atoms with E-state index in [-0.39, 0.29) is 5.91 Å². The number of thioether (sulfide) groups is 1. The molecule has 5 nitrogen and oxygen atoms in total. The Bertz CT molecular complexity index is 718. The van der Waals surface area contributed by atoms with Gasteiger partial charge in [-0.15, -0.1) is 11.8 Å². The number of aryl methyl sites for hydroxylation is 1. The molecule has 0 radical (unpaired) electrons. The van der Waals surface area contributed by atoms with Gasteiger partial charge in [-0.1, -0.05) is 35.1 Å². The summed E-state index contributed by atoms with van der Waals surface area (Å²) in [6, 6.07) is 7.53. The van der Waals surface area contributed by atoms with Crippen LogP contribution >= 0.6 is 34.7 Å². The zero-order valence-electron chi connectivity index (χ0n) is 12.6. The molecule has 0 aliphatic carbocycles. The second-order valence-electron chi connectivity index (χ2n) is 4.60. The Labute approximate surface area is 147 Å². The van der Waals surface area contributed by atoms with Gasteiger partial charge in [-0.05, 0) is 24.6 Å². The maximum atomic E-state index is 11.9. The minimum atomic E-state index is -0.448. The van der Waals surface area contributed by atoms with Gasteiger partial charge in [0.05, 0.1) is 18.6 Å². The van der Waals surface area contributed by atoms with Gasteiger partial charge in [-0.2, -0.15) is 0 Å². The third-order valence-electron chi connectivity index (χ3n) is 2.80. The fraction of sp³-hybridized carbons (Fsp3) is 0.267. The van der Waals surface area contributed by atoms with Crippen LogP contribution in [0.5, 0.6) is 0 Å². The number of nitrogens with one attached hydrogen (secondary N) is 1. The van der Waals surface area contributed by atoms with Gasteiger partial charge in [0.15, 0.2) is 5.13 Å². The van der Waals surface area contributed by atoms with Crippen LogP contribution in [-0.2, 0) is 15.3 Å². The van der Waals surface area contributed by atoms with Crippen LogP contribution in [0.2, 0.25) is 5.02 Å². The van der Waals surface area contributed by atoms with Gasteiger partial charge in [-0.3, -0.25) is 4.79 Å². The highest BCUT2D eigenvalue weighted by molar-refractivity contribution is 7.99. The number of halogens is 1. The number of carbonyl (C=O) groups is 2. The van der Waals surface area contributed by atoms with Crippen LogP contribution in [0.1, 0.15) is 20.9 Å². The van der Waals surface area contributed by atoms with E-state index in [1.165, 1.54) is 18.9 Å². The Kier molecular flexibility index (Phi) is 6.44. The number of methoxy groups -OCH3 is 1. The van der Waals surface area contributed by atoms with E-state index in [9.17, 15) is 9.59 Å². The first-order valence-corrected chi connectivity index (χ1v) is 9.02. The van der Waals surface area contributed by atoms with Crippen molar-refractivity contribution in [2.75, 3.05) is 18.2 Å². The Hall–Kier alpha value is -1.57. The Morgan fingerprint density at radius 3 is 2.91 bits per heavy atom. The molecule has 0 saturated carbocycles. The normalized spacial score (nSPS) is 10.4. The van der Waals surface area contributed by atoms with Crippen LogP contribution in [0.15, 0.2) is 24.3 Å². The highest BCUT2D eigenvalue weighted by Gasteiger charge is 2.16. The fourth-order valence-electron chi connectivity index (χ4n) is 1.78. The van der Waals surface area contributed by atoms with Crippen molar-refractivity contribution in [1.29, 1.82) is 0 Å². The molecule has 122 valence electrons. The number of thiazole rings is 1. The lowest BCUT2D eigenvalue weighted by atomic mass is 10.2. The number of ether oxygens (including phenoxy) is 1. The van der Waals surface area contributed by atoms with E-state index in [1.54, 1.807) is 6.92 Å². The number of nitrogens with zero attached hydrogens (tertiary/aromatic N) is 1. The molecule has 0 unspecified atom stereocenters. The average Bonchev–Trinajstić information content (AvgIpc) is 2.87. The number of hydrogen-bond acceptors (Lipinski definition) is 6. The van der Waals surface area contributed by atoms with E-state index in [4.69, 9.17) is 11.6 Å². The summed E-state index contributed by atoms with van der Waals surface area (Å²) in [7, 11) is 1.31. The first-order chi connectivity index (χ1) is 11.0. The second kappa shape index (κ2) is 8.33. The molecule has 1 aromatic carbocycles. The van der Waals surface area contributed by atoms with Gasteiger partial charge in [0.2, 0.25) is 5.91 Å². The molecule has 2 aromatic rings. The summed E-state index contributed by atoms with van der Waals surface area (Å²) in [6.45, 7) is 1.70. The van der Waals surface area contributed by atoms with Gasteiger partial charge in [0.1, 0.15) is 4.88 Å². The summed E-state index contributed by atoms with van der Waals surface area (Å²) in [5.74, 6) is 0.370. The molecule has 1 amide bonds. The maximum absolute atomic E-state index is 11.9. The molecule has 1 N–H and O–H groups in total. The summed E-state index contributed by atoms with van der Waals surface area (Å²) in [4.78, 5) is 28.0. The standard InChI is InChI=1S/C15H15ClN2O3S2/c1-9-13(14(20)21-2)23-15(17-9)18-12(19)8-22-7-10-4-3-5-11(16)6-10/h3-6H,7-8H2,1-2H3,(H,17,18,19). The number of carbonyl (C=O) groups excluding carboxylic acids is 2. The Balaban J connectivity index is 1.84. The molecule has 0 spiro atoms. The van der Waals surface area contributed by atoms with Gasteiger partial charge < -0.3 is 10.1 Å². The van der Waals surface area contributed by atoms with E-state index < -0.39 is 5.97 Å². The fourth-order valence-corrected chi connectivity index (χ4v) is 3.66. The number of amides is 1. The predicted molar refractivity (Wildman–Crippen MR) is 94.4 cm³/mol. The minimum Gasteiger partial charge on any atom is -0.465 e. The first kappa shape index (κ1) is 17.8. The molecule has 0 atom stereocenters. The van der Waals surface area contributed by atoms with Gasteiger partial charge >= 0.3 is 5.97 Å². The third-order valence-corrected chi connectivity index (χ3v) is 5.10. The molecule has 2 rings (SSSR count). The van der Waals surface area contributed by atoms with Crippen LogP contribution in [0.3, 0.4) is 0 Å². The number of anilines is 1. The minimum absolute atomic E-state index is 0.165. The summed E-state index contributed by atoms with van der Waals surface area (Å²) >= 11 is 8.50. The molecular formula is C15H15ClN2O3S2. The van der Waals surface area contributed by atoms with Crippen LogP contribution in [0.4, 0.5) is 5.13 Å². The van der Waals surface area contributed by atoms with Crippen molar-refractivity contribution in [3.63, 3.8) is 0 Å². The van der Waals surface area contributed by atoms with E-state index in [0.29, 0.717) is 32.2 Å². The molecule has 0 fully saturated rings. The van der Waals surface area contributed by atoms with Crippen molar-refractivity contribution in [3.8, 4) is 0 Å².